The van der Waals surface area contributed by atoms with Crippen molar-refractivity contribution in [2.45, 2.75) is 13.8 Å². The molecule has 7 heteroatoms. The van der Waals surface area contributed by atoms with Gasteiger partial charge in [0.2, 0.25) is 0 Å². The molecule has 2 aromatic carbocycles. The third kappa shape index (κ3) is 4.65. The van der Waals surface area contributed by atoms with Crippen molar-refractivity contribution in [3.05, 3.63) is 53.6 Å². The summed E-state index contributed by atoms with van der Waals surface area (Å²) in [6, 6.07) is 11.6. The molecule has 0 aliphatic rings. The lowest BCUT2D eigenvalue weighted by Crippen LogP contribution is -2.26. The van der Waals surface area contributed by atoms with Gasteiger partial charge >= 0.3 is 0 Å². The van der Waals surface area contributed by atoms with Crippen LogP contribution in [-0.4, -0.2) is 33.2 Å². The van der Waals surface area contributed by atoms with Gasteiger partial charge in [0.1, 0.15) is 17.2 Å². The zero-order valence-electron chi connectivity index (χ0n) is 13.3. The van der Waals surface area contributed by atoms with Crippen LogP contribution in [0.2, 0.25) is 0 Å². The molecular weight excluding hydrogens is 308 g/mol. The molecule has 0 bridgehead atoms. The number of aliphatic imine (C=N–C) groups is 1. The summed E-state index contributed by atoms with van der Waals surface area (Å²) >= 11 is 0. The highest BCUT2D eigenvalue weighted by Crippen LogP contribution is 2.20. The summed E-state index contributed by atoms with van der Waals surface area (Å²) in [6.07, 6.45) is 1.33. The molecule has 0 radical (unpaired) electrons. The van der Waals surface area contributed by atoms with E-state index in [0.717, 1.165) is 5.56 Å². The summed E-state index contributed by atoms with van der Waals surface area (Å²) in [7, 11) is 0. The van der Waals surface area contributed by atoms with Gasteiger partial charge in [0.15, 0.2) is 5.84 Å². The van der Waals surface area contributed by atoms with Crippen molar-refractivity contribution in [1.82, 2.24) is 5.48 Å². The maximum atomic E-state index is 9.65. The number of amidine groups is 1. The van der Waals surface area contributed by atoms with Gasteiger partial charge in [-0.1, -0.05) is 17.7 Å². The van der Waals surface area contributed by atoms with Crippen molar-refractivity contribution < 1.29 is 15.4 Å². The molecule has 0 heterocycles. The lowest BCUT2D eigenvalue weighted by Gasteiger charge is -2.03. The molecule has 4 N–H and O–H groups in total. The predicted octanol–water partition coefficient (Wildman–Crippen LogP) is 2.91. The molecule has 0 saturated carbocycles. The van der Waals surface area contributed by atoms with Gasteiger partial charge < -0.3 is 10.2 Å². The molecule has 0 aliphatic heterocycles. The number of hydrogen-bond acceptors (Lipinski definition) is 6. The Morgan fingerprint density at radius 1 is 1.08 bits per heavy atom. The van der Waals surface area contributed by atoms with E-state index in [-0.39, 0.29) is 17.3 Å². The van der Waals surface area contributed by atoms with E-state index in [4.69, 9.17) is 0 Å². The van der Waals surface area contributed by atoms with Crippen LogP contribution in [0, 0.1) is 6.92 Å². The standard InChI is InChI=1S/C17H18N4O3/c1-11-3-6-14(7-4-11)19-17(21-24)12(2)20-18-10-13-5-8-15(22)9-16(13)23/h3-10,22-24H,1-2H3,(H,19,21)/b18-10+,20-12+. The van der Waals surface area contributed by atoms with Crippen LogP contribution in [0.15, 0.2) is 57.7 Å². The molecule has 0 unspecified atom stereocenters. The van der Waals surface area contributed by atoms with Crippen LogP contribution >= 0.6 is 0 Å². The van der Waals surface area contributed by atoms with Gasteiger partial charge in [0, 0.05) is 11.6 Å². The smallest absolute Gasteiger partial charge is 0.173 e. The Hall–Kier alpha value is -3.19. The second-order valence-corrected chi connectivity index (χ2v) is 5.08. The Balaban J connectivity index is 2.18. The van der Waals surface area contributed by atoms with Gasteiger partial charge in [-0.15, -0.1) is 0 Å². The maximum Gasteiger partial charge on any atom is 0.173 e. The van der Waals surface area contributed by atoms with E-state index >= 15 is 0 Å². The quantitative estimate of drug-likeness (QED) is 0.393. The monoisotopic (exact) mass is 326 g/mol. The Bertz CT molecular complexity index is 796. The van der Waals surface area contributed by atoms with E-state index in [0.29, 0.717) is 17.0 Å². The minimum Gasteiger partial charge on any atom is -0.508 e. The molecule has 0 spiro atoms. The topological polar surface area (TPSA) is 110 Å². The number of hydroxylamine groups is 1. The van der Waals surface area contributed by atoms with Crippen molar-refractivity contribution in [2.75, 3.05) is 0 Å². The number of hydrogen-bond donors (Lipinski definition) is 4. The number of phenolic OH excluding ortho intramolecular Hbond substituents is 2. The Morgan fingerprint density at radius 3 is 2.42 bits per heavy atom. The molecular formula is C17H18N4O3. The molecule has 24 heavy (non-hydrogen) atoms. The number of nitrogens with one attached hydrogen (secondary N) is 1. The third-order valence-corrected chi connectivity index (χ3v) is 3.14. The summed E-state index contributed by atoms with van der Waals surface area (Å²) < 4.78 is 0. The lowest BCUT2D eigenvalue weighted by atomic mass is 10.2. The summed E-state index contributed by atoms with van der Waals surface area (Å²) in [5, 5.41) is 35.9. The van der Waals surface area contributed by atoms with Crippen LogP contribution < -0.4 is 5.48 Å². The number of aryl methyl sites for hydroxylation is 1. The SMILES string of the molecule is C/C(=N\N=C\c1ccc(O)cc1O)C(=Nc1ccc(C)cc1)NO. The first-order valence-electron chi connectivity index (χ1n) is 7.15. The fourth-order valence-corrected chi connectivity index (χ4v) is 1.80. The number of benzene rings is 2. The van der Waals surface area contributed by atoms with Crippen LogP contribution in [0.1, 0.15) is 18.1 Å². The first kappa shape index (κ1) is 17.2. The summed E-state index contributed by atoms with van der Waals surface area (Å²) in [4.78, 5) is 4.24. The van der Waals surface area contributed by atoms with Crippen molar-refractivity contribution in [2.24, 2.45) is 15.2 Å². The van der Waals surface area contributed by atoms with E-state index < -0.39 is 0 Å². The molecule has 7 nitrogen and oxygen atoms in total. The van der Waals surface area contributed by atoms with Gasteiger partial charge in [-0.3, -0.25) is 10.7 Å². The highest BCUT2D eigenvalue weighted by atomic mass is 16.5. The number of phenols is 2. The Labute approximate surface area is 139 Å². The van der Waals surface area contributed by atoms with Crippen molar-refractivity contribution in [1.29, 1.82) is 0 Å². The van der Waals surface area contributed by atoms with Gasteiger partial charge in [-0.05, 0) is 38.1 Å². The van der Waals surface area contributed by atoms with Crippen molar-refractivity contribution in [3.8, 4) is 11.5 Å². The molecule has 0 amide bonds. The van der Waals surface area contributed by atoms with E-state index in [1.54, 1.807) is 6.92 Å². The number of nitrogens with zero attached hydrogens (tertiary/aromatic N) is 3. The van der Waals surface area contributed by atoms with E-state index in [1.165, 1.54) is 24.4 Å². The normalized spacial score (nSPS) is 12.6. The molecule has 0 fully saturated rings. The van der Waals surface area contributed by atoms with Crippen LogP contribution in [0.4, 0.5) is 5.69 Å². The second-order valence-electron chi connectivity index (χ2n) is 5.08. The number of aromatic hydroxyl groups is 2. The Morgan fingerprint density at radius 2 is 1.79 bits per heavy atom. The summed E-state index contributed by atoms with van der Waals surface area (Å²) in [6.45, 7) is 3.60. The third-order valence-electron chi connectivity index (χ3n) is 3.14. The van der Waals surface area contributed by atoms with Gasteiger partial charge in [0.25, 0.3) is 0 Å². The van der Waals surface area contributed by atoms with Crippen LogP contribution in [-0.2, 0) is 0 Å². The minimum absolute atomic E-state index is 0.0404. The zero-order valence-corrected chi connectivity index (χ0v) is 13.3. The molecule has 0 saturated heterocycles. The summed E-state index contributed by atoms with van der Waals surface area (Å²) in [5.74, 6) is 0.00712. The van der Waals surface area contributed by atoms with E-state index in [2.05, 4.69) is 15.2 Å². The first-order valence-corrected chi connectivity index (χ1v) is 7.15. The molecule has 2 aromatic rings. The first-order chi connectivity index (χ1) is 11.5. The van der Waals surface area contributed by atoms with Gasteiger partial charge in [0.05, 0.1) is 11.9 Å². The largest absolute Gasteiger partial charge is 0.508 e. The maximum absolute atomic E-state index is 9.65. The highest BCUT2D eigenvalue weighted by molar-refractivity contribution is 6.40. The molecule has 0 atom stereocenters. The van der Waals surface area contributed by atoms with Crippen LogP contribution in [0.25, 0.3) is 0 Å². The second kappa shape index (κ2) is 7.89. The van der Waals surface area contributed by atoms with Gasteiger partial charge in [-0.25, -0.2) is 4.99 Å². The van der Waals surface area contributed by atoms with E-state index in [1.807, 2.05) is 36.7 Å². The highest BCUT2D eigenvalue weighted by Gasteiger charge is 2.03. The molecule has 124 valence electrons. The lowest BCUT2D eigenvalue weighted by molar-refractivity contribution is 0.236. The zero-order chi connectivity index (χ0) is 17.5. The molecule has 2 rings (SSSR count). The summed E-state index contributed by atoms with van der Waals surface area (Å²) in [5.41, 5.74) is 4.52. The molecule has 0 aliphatic carbocycles. The fourth-order valence-electron chi connectivity index (χ4n) is 1.80. The Kier molecular flexibility index (Phi) is 5.64. The van der Waals surface area contributed by atoms with Crippen molar-refractivity contribution in [3.63, 3.8) is 0 Å². The van der Waals surface area contributed by atoms with Crippen LogP contribution in [0.3, 0.4) is 0 Å². The van der Waals surface area contributed by atoms with Gasteiger partial charge in [-0.2, -0.15) is 10.2 Å². The van der Waals surface area contributed by atoms with Crippen molar-refractivity contribution >= 4 is 23.4 Å². The van der Waals surface area contributed by atoms with Crippen LogP contribution in [0.5, 0.6) is 11.5 Å². The van der Waals surface area contributed by atoms with E-state index in [9.17, 15) is 15.4 Å². The number of rotatable bonds is 4. The average molecular weight is 326 g/mol. The minimum atomic E-state index is -0.111. The molecule has 0 aromatic heterocycles. The fraction of sp³-hybridized carbons (Fsp3) is 0.118. The average Bonchev–Trinajstić information content (AvgIpc) is 2.56. The predicted molar refractivity (Wildman–Crippen MR) is 93.7 cm³/mol.